The Morgan fingerprint density at radius 1 is 1.21 bits per heavy atom. The molecule has 1 heterocycles. The van der Waals surface area contributed by atoms with Gasteiger partial charge in [-0.2, -0.15) is 17.5 Å². The highest BCUT2D eigenvalue weighted by molar-refractivity contribution is 7.98. The number of rotatable bonds is 6. The molecule has 0 aliphatic carbocycles. The molecule has 1 aliphatic heterocycles. The first kappa shape index (κ1) is 22.8. The summed E-state index contributed by atoms with van der Waals surface area (Å²) in [6.07, 6.45) is 2.76. The molecule has 11 heteroatoms. The molecule has 2 rings (SSSR count). The van der Waals surface area contributed by atoms with Crippen LogP contribution in [0.2, 0.25) is 0 Å². The number of hydrogen-bond donors (Lipinski definition) is 2. The third kappa shape index (κ3) is 6.02. The van der Waals surface area contributed by atoms with E-state index in [-0.39, 0.29) is 19.0 Å². The number of aliphatic imine (C=N–C) groups is 1. The second kappa shape index (κ2) is 9.84. The summed E-state index contributed by atoms with van der Waals surface area (Å²) < 4.78 is 61.2. The van der Waals surface area contributed by atoms with Crippen molar-refractivity contribution in [3.63, 3.8) is 0 Å². The molecule has 0 saturated carbocycles. The van der Waals surface area contributed by atoms with E-state index in [9.17, 15) is 21.6 Å². The maximum Gasteiger partial charge on any atom is 0.511 e. The maximum absolute atomic E-state index is 12.6. The van der Waals surface area contributed by atoms with E-state index in [2.05, 4.69) is 15.6 Å². The lowest BCUT2D eigenvalue weighted by molar-refractivity contribution is -0.0496. The van der Waals surface area contributed by atoms with Crippen LogP contribution in [-0.4, -0.2) is 57.1 Å². The summed E-state index contributed by atoms with van der Waals surface area (Å²) in [7, 11) is -3.58. The molecule has 28 heavy (non-hydrogen) atoms. The molecule has 1 saturated heterocycles. The number of benzene rings is 1. The summed E-state index contributed by atoms with van der Waals surface area (Å²) in [4.78, 5) is 5.33. The van der Waals surface area contributed by atoms with Gasteiger partial charge in [0.25, 0.3) is 0 Å². The molecule has 158 valence electrons. The van der Waals surface area contributed by atoms with Gasteiger partial charge in [-0.1, -0.05) is 12.1 Å². The van der Waals surface area contributed by atoms with E-state index in [4.69, 9.17) is 0 Å². The standard InChI is InChI=1S/C17H25F3N4O2S2/c1-21-16(22-11-13-3-5-15(27-2)6-4-13)23-12-14-7-9-24(10-8-14)28(25,26)17(18,19)20/h3-6,14H,7-12H2,1-2H3,(H2,21,22,23). The summed E-state index contributed by atoms with van der Waals surface area (Å²) in [5, 5.41) is 6.35. The van der Waals surface area contributed by atoms with E-state index in [0.717, 1.165) is 5.56 Å². The van der Waals surface area contributed by atoms with Crippen LogP contribution in [0.5, 0.6) is 0 Å². The van der Waals surface area contributed by atoms with E-state index in [1.165, 1.54) is 4.90 Å². The van der Waals surface area contributed by atoms with Crippen LogP contribution in [0, 0.1) is 5.92 Å². The van der Waals surface area contributed by atoms with Crippen molar-refractivity contribution in [2.24, 2.45) is 10.9 Å². The van der Waals surface area contributed by atoms with E-state index in [1.807, 2.05) is 30.5 Å². The fourth-order valence-electron chi connectivity index (χ4n) is 2.89. The Balaban J connectivity index is 1.77. The molecule has 0 aromatic heterocycles. The Labute approximate surface area is 168 Å². The molecule has 0 bridgehead atoms. The van der Waals surface area contributed by atoms with Crippen LogP contribution in [0.25, 0.3) is 0 Å². The number of hydrogen-bond acceptors (Lipinski definition) is 4. The van der Waals surface area contributed by atoms with E-state index in [0.29, 0.717) is 36.2 Å². The van der Waals surface area contributed by atoms with Gasteiger partial charge in [0.05, 0.1) is 0 Å². The van der Waals surface area contributed by atoms with Crippen LogP contribution in [0.15, 0.2) is 34.2 Å². The zero-order chi connectivity index (χ0) is 20.8. The lowest BCUT2D eigenvalue weighted by atomic mass is 9.98. The number of piperidine rings is 1. The van der Waals surface area contributed by atoms with Gasteiger partial charge in [-0.3, -0.25) is 4.99 Å². The first-order valence-electron chi connectivity index (χ1n) is 8.81. The quantitative estimate of drug-likeness (QED) is 0.406. The SMILES string of the molecule is CN=C(NCc1ccc(SC)cc1)NCC1CCN(S(=O)(=O)C(F)(F)F)CC1. The lowest BCUT2D eigenvalue weighted by Gasteiger charge is -2.31. The molecule has 1 aromatic rings. The van der Waals surface area contributed by atoms with Gasteiger partial charge in [-0.05, 0) is 42.7 Å². The molecule has 6 nitrogen and oxygen atoms in total. The number of alkyl halides is 3. The van der Waals surface area contributed by atoms with Crippen LogP contribution in [0.3, 0.4) is 0 Å². The van der Waals surface area contributed by atoms with Crippen LogP contribution in [0.4, 0.5) is 13.2 Å². The Hall–Kier alpha value is -1.46. The smallest absolute Gasteiger partial charge is 0.356 e. The Morgan fingerprint density at radius 2 is 1.82 bits per heavy atom. The average Bonchev–Trinajstić information content (AvgIpc) is 2.68. The molecular weight excluding hydrogens is 413 g/mol. The predicted octanol–water partition coefficient (Wildman–Crippen LogP) is 2.64. The minimum absolute atomic E-state index is 0.0825. The summed E-state index contributed by atoms with van der Waals surface area (Å²) >= 11 is 1.67. The second-order valence-electron chi connectivity index (χ2n) is 6.45. The highest BCUT2D eigenvalue weighted by Gasteiger charge is 2.50. The summed E-state index contributed by atoms with van der Waals surface area (Å²) in [6, 6.07) is 8.15. The number of sulfonamides is 1. The summed E-state index contributed by atoms with van der Waals surface area (Å²) in [5.74, 6) is 0.679. The number of thioether (sulfide) groups is 1. The molecule has 0 atom stereocenters. The third-order valence-electron chi connectivity index (χ3n) is 4.61. The molecule has 2 N–H and O–H groups in total. The van der Waals surface area contributed by atoms with Gasteiger partial charge in [0.1, 0.15) is 0 Å². The van der Waals surface area contributed by atoms with Crippen molar-refractivity contribution >= 4 is 27.7 Å². The zero-order valence-electron chi connectivity index (χ0n) is 15.8. The van der Waals surface area contributed by atoms with Crippen LogP contribution >= 0.6 is 11.8 Å². The van der Waals surface area contributed by atoms with Crippen LogP contribution in [-0.2, 0) is 16.6 Å². The predicted molar refractivity (Wildman–Crippen MR) is 106 cm³/mol. The fourth-order valence-corrected chi connectivity index (χ4v) is 4.28. The Bertz CT molecular complexity index is 760. The third-order valence-corrected chi connectivity index (χ3v) is 6.98. The number of nitrogens with zero attached hydrogens (tertiary/aromatic N) is 2. The van der Waals surface area contributed by atoms with E-state index < -0.39 is 15.5 Å². The molecular formula is C17H25F3N4O2S2. The molecule has 0 amide bonds. The maximum atomic E-state index is 12.6. The number of halogens is 3. The first-order chi connectivity index (χ1) is 13.2. The van der Waals surface area contributed by atoms with Gasteiger partial charge in [-0.15, -0.1) is 11.8 Å². The molecule has 0 spiro atoms. The van der Waals surface area contributed by atoms with Crippen molar-refractivity contribution in [1.82, 2.24) is 14.9 Å². The minimum atomic E-state index is -5.24. The highest BCUT2D eigenvalue weighted by atomic mass is 32.2. The van der Waals surface area contributed by atoms with Crippen molar-refractivity contribution in [2.75, 3.05) is 32.9 Å². The largest absolute Gasteiger partial charge is 0.511 e. The Kier molecular flexibility index (Phi) is 8.02. The molecule has 0 unspecified atom stereocenters. The molecule has 1 aromatic carbocycles. The minimum Gasteiger partial charge on any atom is -0.356 e. The van der Waals surface area contributed by atoms with Gasteiger partial charge in [0.15, 0.2) is 5.96 Å². The fraction of sp³-hybridized carbons (Fsp3) is 0.588. The lowest BCUT2D eigenvalue weighted by Crippen LogP contribution is -2.47. The summed E-state index contributed by atoms with van der Waals surface area (Å²) in [6.45, 7) is 0.867. The zero-order valence-corrected chi connectivity index (χ0v) is 17.4. The summed E-state index contributed by atoms with van der Waals surface area (Å²) in [5.41, 5.74) is -4.13. The van der Waals surface area contributed by atoms with Crippen molar-refractivity contribution < 1.29 is 21.6 Å². The number of nitrogens with one attached hydrogen (secondary N) is 2. The molecule has 1 fully saturated rings. The number of guanidine groups is 1. The normalized spacial score (nSPS) is 17.5. The molecule has 0 radical (unpaired) electrons. The first-order valence-corrected chi connectivity index (χ1v) is 11.5. The second-order valence-corrected chi connectivity index (χ2v) is 9.26. The van der Waals surface area contributed by atoms with Gasteiger partial charge >= 0.3 is 15.5 Å². The highest BCUT2D eigenvalue weighted by Crippen LogP contribution is 2.30. The van der Waals surface area contributed by atoms with Crippen molar-refractivity contribution in [3.8, 4) is 0 Å². The monoisotopic (exact) mass is 438 g/mol. The van der Waals surface area contributed by atoms with Gasteiger partial charge < -0.3 is 10.6 Å². The van der Waals surface area contributed by atoms with E-state index >= 15 is 0 Å². The van der Waals surface area contributed by atoms with Gasteiger partial charge in [-0.25, -0.2) is 8.42 Å². The van der Waals surface area contributed by atoms with Crippen LogP contribution < -0.4 is 10.6 Å². The van der Waals surface area contributed by atoms with Crippen molar-refractivity contribution in [2.45, 2.75) is 29.8 Å². The van der Waals surface area contributed by atoms with E-state index in [1.54, 1.807) is 18.8 Å². The van der Waals surface area contributed by atoms with Gasteiger partial charge in [0, 0.05) is 38.1 Å². The molecule has 1 aliphatic rings. The van der Waals surface area contributed by atoms with Crippen molar-refractivity contribution in [3.05, 3.63) is 29.8 Å². The van der Waals surface area contributed by atoms with Crippen molar-refractivity contribution in [1.29, 1.82) is 0 Å². The Morgan fingerprint density at radius 3 is 2.32 bits per heavy atom. The topological polar surface area (TPSA) is 73.8 Å². The van der Waals surface area contributed by atoms with Crippen LogP contribution in [0.1, 0.15) is 18.4 Å². The van der Waals surface area contributed by atoms with Gasteiger partial charge in [0.2, 0.25) is 0 Å². The average molecular weight is 439 g/mol.